The number of aliphatic hydroxyl groups excluding tert-OH is 1. The van der Waals surface area contributed by atoms with Crippen LogP contribution in [0.15, 0.2) is 54.1 Å². The number of carbonyl (C=O) groups is 3. The Balaban J connectivity index is 1.36. The fourth-order valence-electron chi connectivity index (χ4n) is 9.10. The van der Waals surface area contributed by atoms with Gasteiger partial charge in [-0.05, 0) is 55.2 Å². The van der Waals surface area contributed by atoms with E-state index in [1.165, 1.54) is 6.92 Å². The molecule has 0 radical (unpaired) electrons. The van der Waals surface area contributed by atoms with Crippen LogP contribution < -0.4 is 0 Å². The molecule has 5 unspecified atom stereocenters. The Hall–Kier alpha value is -2.61. The fourth-order valence-corrected chi connectivity index (χ4v) is 9.10. The monoisotopic (exact) mass is 519 g/mol. The minimum Gasteiger partial charge on any atom is -0.458 e. The number of hydrogen-bond acceptors (Lipinski definition) is 7. The highest BCUT2D eigenvalue weighted by Crippen LogP contribution is 2.70. The van der Waals surface area contributed by atoms with E-state index in [2.05, 4.69) is 13.8 Å². The second kappa shape index (κ2) is 8.97. The predicted octanol–water partition coefficient (Wildman–Crippen LogP) is 3.81. The Kier molecular flexibility index (Phi) is 6.05. The standard InChI is InChI=1S/C31H37NO6/c1-19(33)37-18-27(36)31-22(17-32(38-31)16-20-7-5-4-6-8-20)14-25-24-10-9-21-13-23(34)11-12-29(21,2)28(24)26(35)15-30(25,31)3/h4-8,11-13,22,24-26,28,35H,9-10,14-18H2,1-3H3/t22-,24?,25?,26?,28+,29?,30?,31-/m0/s1. The lowest BCUT2D eigenvalue weighted by Crippen LogP contribution is -2.63. The average Bonchev–Trinajstić information content (AvgIpc) is 3.35. The molecule has 0 spiro atoms. The number of hydrogen-bond donors (Lipinski definition) is 1. The first kappa shape index (κ1) is 25.7. The number of Topliss-reactive ketones (excluding diaryl/α,β-unsaturated/α-hetero) is 1. The molecule has 6 rings (SSSR count). The van der Waals surface area contributed by atoms with Gasteiger partial charge in [0.05, 0.1) is 6.10 Å². The van der Waals surface area contributed by atoms with E-state index >= 15 is 0 Å². The molecule has 0 amide bonds. The summed E-state index contributed by atoms with van der Waals surface area (Å²) in [6.45, 7) is 6.41. The highest BCUT2D eigenvalue weighted by Gasteiger charge is 2.75. The molecule has 1 aromatic rings. The number of ketones is 2. The van der Waals surface area contributed by atoms with Crippen molar-refractivity contribution in [2.45, 2.75) is 64.7 Å². The van der Waals surface area contributed by atoms with Gasteiger partial charge in [-0.3, -0.25) is 19.2 Å². The second-order valence-corrected chi connectivity index (χ2v) is 12.5. The zero-order chi connectivity index (χ0) is 26.9. The Bertz CT molecular complexity index is 1220. The Morgan fingerprint density at radius 1 is 1.21 bits per heavy atom. The van der Waals surface area contributed by atoms with Crippen molar-refractivity contribution in [3.63, 3.8) is 0 Å². The molecule has 0 bridgehead atoms. The van der Waals surface area contributed by atoms with Crippen molar-refractivity contribution >= 4 is 17.5 Å². The molecule has 5 aliphatic rings. The van der Waals surface area contributed by atoms with Gasteiger partial charge in [-0.2, -0.15) is 5.06 Å². The van der Waals surface area contributed by atoms with Crippen LogP contribution in [-0.2, 0) is 30.5 Å². The summed E-state index contributed by atoms with van der Waals surface area (Å²) in [5.41, 5.74) is 0.0528. The Morgan fingerprint density at radius 2 is 1.97 bits per heavy atom. The molecule has 7 heteroatoms. The quantitative estimate of drug-likeness (QED) is 0.592. The second-order valence-electron chi connectivity index (χ2n) is 12.5. The summed E-state index contributed by atoms with van der Waals surface area (Å²) < 4.78 is 5.23. The predicted molar refractivity (Wildman–Crippen MR) is 139 cm³/mol. The van der Waals surface area contributed by atoms with Gasteiger partial charge < -0.3 is 9.84 Å². The maximum Gasteiger partial charge on any atom is 0.303 e. The molecule has 3 saturated carbocycles. The summed E-state index contributed by atoms with van der Waals surface area (Å²) in [4.78, 5) is 44.6. The number of benzene rings is 1. The van der Waals surface area contributed by atoms with Crippen molar-refractivity contribution in [3.05, 3.63) is 59.7 Å². The molecule has 1 heterocycles. The van der Waals surface area contributed by atoms with Gasteiger partial charge in [-0.25, -0.2) is 0 Å². The van der Waals surface area contributed by atoms with Gasteiger partial charge in [0.2, 0.25) is 5.78 Å². The first-order chi connectivity index (χ1) is 18.1. The van der Waals surface area contributed by atoms with E-state index in [0.717, 1.165) is 30.4 Å². The third-order valence-electron chi connectivity index (χ3n) is 10.6. The van der Waals surface area contributed by atoms with Crippen LogP contribution >= 0.6 is 0 Å². The van der Waals surface area contributed by atoms with Crippen LogP contribution in [0.4, 0.5) is 0 Å². The van der Waals surface area contributed by atoms with Gasteiger partial charge in [-0.15, -0.1) is 0 Å². The van der Waals surface area contributed by atoms with Crippen LogP contribution in [0.3, 0.4) is 0 Å². The first-order valence-corrected chi connectivity index (χ1v) is 13.9. The van der Waals surface area contributed by atoms with Crippen LogP contribution in [0.1, 0.15) is 52.0 Å². The minimum atomic E-state index is -1.16. The van der Waals surface area contributed by atoms with Gasteiger partial charge >= 0.3 is 5.97 Å². The third-order valence-corrected chi connectivity index (χ3v) is 10.6. The van der Waals surface area contributed by atoms with Crippen molar-refractivity contribution in [3.8, 4) is 0 Å². The molecule has 8 atom stereocenters. The van der Waals surface area contributed by atoms with Gasteiger partial charge in [0, 0.05) is 42.7 Å². The third kappa shape index (κ3) is 3.62. The molecule has 1 aliphatic heterocycles. The van der Waals surface area contributed by atoms with E-state index in [1.807, 2.05) is 41.5 Å². The molecule has 1 aromatic carbocycles. The maximum atomic E-state index is 14.0. The topological polar surface area (TPSA) is 93.1 Å². The highest BCUT2D eigenvalue weighted by atomic mass is 16.7. The van der Waals surface area contributed by atoms with Crippen molar-refractivity contribution in [2.24, 2.45) is 34.5 Å². The zero-order valence-corrected chi connectivity index (χ0v) is 22.4. The SMILES string of the molecule is CC(=O)OCC(=O)[C@@]12ON(Cc3ccccc3)C[C@@H]1CC1C3CCC4=CC(=O)C=CC4(C)[C@H]3C(O)CC12C. The number of ether oxygens (including phenoxy) is 1. The molecule has 0 aromatic heterocycles. The van der Waals surface area contributed by atoms with Crippen LogP contribution in [0.5, 0.6) is 0 Å². The molecular formula is C31H37NO6. The van der Waals surface area contributed by atoms with E-state index < -0.39 is 23.1 Å². The summed E-state index contributed by atoms with van der Waals surface area (Å²) in [5.74, 6) is -0.414. The summed E-state index contributed by atoms with van der Waals surface area (Å²) in [6, 6.07) is 10.0. The van der Waals surface area contributed by atoms with E-state index in [4.69, 9.17) is 9.57 Å². The van der Waals surface area contributed by atoms with Crippen molar-refractivity contribution < 1.29 is 29.1 Å². The number of carbonyl (C=O) groups excluding carboxylic acids is 3. The number of esters is 1. The number of fused-ring (bicyclic) bond motifs is 7. The van der Waals surface area contributed by atoms with E-state index in [-0.39, 0.29) is 47.3 Å². The lowest BCUT2D eigenvalue weighted by Gasteiger charge is -2.59. The number of aliphatic hydroxyl groups is 1. The molecule has 38 heavy (non-hydrogen) atoms. The van der Waals surface area contributed by atoms with Crippen molar-refractivity contribution in [2.75, 3.05) is 13.2 Å². The van der Waals surface area contributed by atoms with E-state index in [0.29, 0.717) is 19.5 Å². The lowest BCUT2D eigenvalue weighted by molar-refractivity contribution is -0.254. The summed E-state index contributed by atoms with van der Waals surface area (Å²) in [6.07, 6.45) is 7.68. The number of allylic oxidation sites excluding steroid dienone is 4. The van der Waals surface area contributed by atoms with Gasteiger partial charge in [0.15, 0.2) is 18.0 Å². The highest BCUT2D eigenvalue weighted by molar-refractivity contribution is 6.01. The molecule has 7 nitrogen and oxygen atoms in total. The van der Waals surface area contributed by atoms with E-state index in [1.54, 1.807) is 12.2 Å². The summed E-state index contributed by atoms with van der Waals surface area (Å²) >= 11 is 0. The van der Waals surface area contributed by atoms with Gasteiger partial charge in [0.25, 0.3) is 0 Å². The molecule has 1 N–H and O–H groups in total. The molecule has 4 fully saturated rings. The molecule has 1 saturated heterocycles. The largest absolute Gasteiger partial charge is 0.458 e. The molecule has 202 valence electrons. The Morgan fingerprint density at radius 3 is 2.71 bits per heavy atom. The number of rotatable bonds is 5. The van der Waals surface area contributed by atoms with Crippen LogP contribution in [0, 0.1) is 34.5 Å². The normalized spacial score (nSPS) is 41.5. The average molecular weight is 520 g/mol. The smallest absolute Gasteiger partial charge is 0.303 e. The summed E-state index contributed by atoms with van der Waals surface area (Å²) in [7, 11) is 0. The molecular weight excluding hydrogens is 482 g/mol. The minimum absolute atomic E-state index is 0.0170. The number of nitrogens with zero attached hydrogens (tertiary/aromatic N) is 1. The zero-order valence-electron chi connectivity index (χ0n) is 22.4. The van der Waals surface area contributed by atoms with Gasteiger partial charge in [0.1, 0.15) is 0 Å². The van der Waals surface area contributed by atoms with Crippen molar-refractivity contribution in [1.29, 1.82) is 0 Å². The van der Waals surface area contributed by atoms with E-state index in [9.17, 15) is 19.5 Å². The Labute approximate surface area is 223 Å². The van der Waals surface area contributed by atoms with Crippen LogP contribution in [-0.4, -0.2) is 52.6 Å². The van der Waals surface area contributed by atoms with Gasteiger partial charge in [-0.1, -0.05) is 55.8 Å². The lowest BCUT2D eigenvalue weighted by atomic mass is 9.46. The molecule has 4 aliphatic carbocycles. The van der Waals surface area contributed by atoms with Crippen LogP contribution in [0.25, 0.3) is 0 Å². The van der Waals surface area contributed by atoms with Crippen molar-refractivity contribution in [1.82, 2.24) is 5.06 Å². The number of hydroxylamine groups is 2. The fraction of sp³-hybridized carbons (Fsp3) is 0.581. The first-order valence-electron chi connectivity index (χ1n) is 13.9. The van der Waals surface area contributed by atoms with Crippen LogP contribution in [0.2, 0.25) is 0 Å². The maximum absolute atomic E-state index is 14.0. The summed E-state index contributed by atoms with van der Waals surface area (Å²) in [5, 5.41) is 13.7.